The molecule has 21 heavy (non-hydrogen) atoms. The summed E-state index contributed by atoms with van der Waals surface area (Å²) >= 11 is 11.9. The molecule has 3 nitrogen and oxygen atoms in total. The predicted octanol–water partition coefficient (Wildman–Crippen LogP) is 5.04. The maximum Gasteiger partial charge on any atom is 0.178 e. The first-order chi connectivity index (χ1) is 10.1. The minimum atomic E-state index is -0.427. The van der Waals surface area contributed by atoms with E-state index in [2.05, 4.69) is 5.16 Å². The third kappa shape index (κ3) is 2.60. The quantitative estimate of drug-likeness (QED) is 0.719. The molecular formula is C15H9Cl2FN2O. The van der Waals surface area contributed by atoms with Crippen molar-refractivity contribution >= 4 is 29.0 Å². The zero-order valence-electron chi connectivity index (χ0n) is 10.6. The fourth-order valence-electron chi connectivity index (χ4n) is 2.06. The van der Waals surface area contributed by atoms with Gasteiger partial charge < -0.3 is 10.3 Å². The lowest BCUT2D eigenvalue weighted by Gasteiger charge is -2.05. The molecule has 0 atom stereocenters. The summed E-state index contributed by atoms with van der Waals surface area (Å²) in [4.78, 5) is 0. The molecule has 0 bridgehead atoms. The van der Waals surface area contributed by atoms with Crippen molar-refractivity contribution in [1.82, 2.24) is 5.16 Å². The van der Waals surface area contributed by atoms with Crippen LogP contribution in [0.5, 0.6) is 0 Å². The summed E-state index contributed by atoms with van der Waals surface area (Å²) in [5, 5.41) is 4.60. The van der Waals surface area contributed by atoms with Gasteiger partial charge in [-0.05, 0) is 35.9 Å². The molecular weight excluding hydrogens is 314 g/mol. The molecule has 0 aliphatic rings. The van der Waals surface area contributed by atoms with E-state index in [0.717, 1.165) is 5.56 Å². The van der Waals surface area contributed by atoms with Gasteiger partial charge >= 0.3 is 0 Å². The van der Waals surface area contributed by atoms with Crippen molar-refractivity contribution in [1.29, 1.82) is 0 Å². The SMILES string of the molecule is Nc1noc(-c2ccc(F)cc2Cl)c1-c1ccc(Cl)cc1. The van der Waals surface area contributed by atoms with Crippen LogP contribution < -0.4 is 5.73 Å². The predicted molar refractivity (Wildman–Crippen MR) is 81.8 cm³/mol. The van der Waals surface area contributed by atoms with E-state index in [4.69, 9.17) is 33.5 Å². The van der Waals surface area contributed by atoms with Crippen molar-refractivity contribution in [3.05, 3.63) is 58.3 Å². The molecule has 3 aromatic rings. The van der Waals surface area contributed by atoms with Crippen molar-refractivity contribution in [2.75, 3.05) is 5.73 Å². The van der Waals surface area contributed by atoms with Crippen LogP contribution in [0, 0.1) is 5.82 Å². The number of aromatic nitrogens is 1. The van der Waals surface area contributed by atoms with Crippen molar-refractivity contribution in [3.63, 3.8) is 0 Å². The Kier molecular flexibility index (Phi) is 3.57. The minimum Gasteiger partial charge on any atom is -0.380 e. The summed E-state index contributed by atoms with van der Waals surface area (Å²) in [5.41, 5.74) is 7.78. The Bertz CT molecular complexity index is 800. The highest BCUT2D eigenvalue weighted by Crippen LogP contribution is 2.39. The minimum absolute atomic E-state index is 0.223. The topological polar surface area (TPSA) is 52.0 Å². The average molecular weight is 323 g/mol. The van der Waals surface area contributed by atoms with E-state index in [1.165, 1.54) is 18.2 Å². The molecule has 0 amide bonds. The largest absolute Gasteiger partial charge is 0.380 e. The molecule has 3 rings (SSSR count). The van der Waals surface area contributed by atoms with Crippen LogP contribution in [0.4, 0.5) is 10.2 Å². The maximum atomic E-state index is 13.2. The van der Waals surface area contributed by atoms with Crippen LogP contribution in [-0.4, -0.2) is 5.16 Å². The Labute approximate surface area is 130 Å². The van der Waals surface area contributed by atoms with Gasteiger partial charge in [0.1, 0.15) is 5.82 Å². The normalized spacial score (nSPS) is 10.8. The highest BCUT2D eigenvalue weighted by molar-refractivity contribution is 6.33. The first kappa shape index (κ1) is 13.9. The van der Waals surface area contributed by atoms with E-state index in [0.29, 0.717) is 21.9 Å². The molecule has 6 heteroatoms. The Balaban J connectivity index is 2.19. The lowest BCUT2D eigenvalue weighted by molar-refractivity contribution is 0.436. The van der Waals surface area contributed by atoms with Crippen LogP contribution in [-0.2, 0) is 0 Å². The fourth-order valence-corrected chi connectivity index (χ4v) is 2.43. The summed E-state index contributed by atoms with van der Waals surface area (Å²) in [6.45, 7) is 0. The second-order valence-corrected chi connectivity index (χ2v) is 5.25. The highest BCUT2D eigenvalue weighted by Gasteiger charge is 2.19. The van der Waals surface area contributed by atoms with E-state index < -0.39 is 5.82 Å². The summed E-state index contributed by atoms with van der Waals surface area (Å²) in [6, 6.07) is 11.1. The van der Waals surface area contributed by atoms with Crippen molar-refractivity contribution in [2.24, 2.45) is 0 Å². The molecule has 0 aliphatic heterocycles. The number of nitrogen functional groups attached to an aromatic ring is 1. The number of nitrogens with zero attached hydrogens (tertiary/aromatic N) is 1. The zero-order valence-corrected chi connectivity index (χ0v) is 12.1. The Morgan fingerprint density at radius 1 is 1.05 bits per heavy atom. The molecule has 0 saturated heterocycles. The summed E-state index contributed by atoms with van der Waals surface area (Å²) in [6.07, 6.45) is 0. The smallest absolute Gasteiger partial charge is 0.178 e. The standard InChI is InChI=1S/C15H9Cl2FN2O/c16-9-3-1-8(2-4-9)13-14(21-20-15(13)19)11-6-5-10(18)7-12(11)17/h1-7H,(H2,19,20). The van der Waals surface area contributed by atoms with Gasteiger partial charge in [0, 0.05) is 10.6 Å². The number of rotatable bonds is 2. The molecule has 0 radical (unpaired) electrons. The summed E-state index contributed by atoms with van der Waals surface area (Å²) in [5.74, 6) is 0.191. The zero-order chi connectivity index (χ0) is 15.0. The molecule has 0 saturated carbocycles. The first-order valence-electron chi connectivity index (χ1n) is 6.03. The maximum absolute atomic E-state index is 13.2. The van der Waals surface area contributed by atoms with Gasteiger partial charge in [-0.3, -0.25) is 0 Å². The number of hydrogen-bond donors (Lipinski definition) is 1. The van der Waals surface area contributed by atoms with Crippen molar-refractivity contribution in [3.8, 4) is 22.5 Å². The first-order valence-corrected chi connectivity index (χ1v) is 6.78. The second kappa shape index (κ2) is 5.39. The van der Waals surface area contributed by atoms with Gasteiger partial charge in [0.25, 0.3) is 0 Å². The highest BCUT2D eigenvalue weighted by atomic mass is 35.5. The molecule has 0 spiro atoms. The van der Waals surface area contributed by atoms with Crippen LogP contribution in [0.2, 0.25) is 10.0 Å². The van der Waals surface area contributed by atoms with Crippen LogP contribution in [0.3, 0.4) is 0 Å². The number of nitrogens with two attached hydrogens (primary N) is 1. The average Bonchev–Trinajstić information content (AvgIpc) is 2.82. The Hall–Kier alpha value is -2.04. The van der Waals surface area contributed by atoms with E-state index >= 15 is 0 Å². The second-order valence-electron chi connectivity index (χ2n) is 4.40. The lowest BCUT2D eigenvalue weighted by Crippen LogP contribution is -1.89. The van der Waals surface area contributed by atoms with Gasteiger partial charge in [-0.1, -0.05) is 40.5 Å². The Morgan fingerprint density at radius 3 is 2.43 bits per heavy atom. The number of benzene rings is 2. The molecule has 1 heterocycles. The molecule has 2 aromatic carbocycles. The monoisotopic (exact) mass is 322 g/mol. The number of hydrogen-bond acceptors (Lipinski definition) is 3. The van der Waals surface area contributed by atoms with Crippen LogP contribution >= 0.6 is 23.2 Å². The molecule has 2 N–H and O–H groups in total. The van der Waals surface area contributed by atoms with E-state index in [1.54, 1.807) is 24.3 Å². The van der Waals surface area contributed by atoms with Gasteiger partial charge in [-0.2, -0.15) is 0 Å². The van der Waals surface area contributed by atoms with Gasteiger partial charge in [0.05, 0.1) is 10.6 Å². The van der Waals surface area contributed by atoms with E-state index in [1.807, 2.05) is 0 Å². The number of halogens is 3. The molecule has 106 valence electrons. The van der Waals surface area contributed by atoms with Crippen LogP contribution in [0.1, 0.15) is 0 Å². The molecule has 0 fully saturated rings. The molecule has 1 aromatic heterocycles. The molecule has 0 aliphatic carbocycles. The summed E-state index contributed by atoms with van der Waals surface area (Å²) in [7, 11) is 0. The van der Waals surface area contributed by atoms with Gasteiger partial charge in [-0.25, -0.2) is 4.39 Å². The third-order valence-corrected chi connectivity index (χ3v) is 3.59. The van der Waals surface area contributed by atoms with E-state index in [9.17, 15) is 4.39 Å². The number of anilines is 1. The van der Waals surface area contributed by atoms with E-state index in [-0.39, 0.29) is 10.8 Å². The lowest BCUT2D eigenvalue weighted by atomic mass is 10.0. The van der Waals surface area contributed by atoms with Gasteiger partial charge in [-0.15, -0.1) is 0 Å². The van der Waals surface area contributed by atoms with Crippen LogP contribution in [0.25, 0.3) is 22.5 Å². The van der Waals surface area contributed by atoms with Gasteiger partial charge in [0.2, 0.25) is 0 Å². The molecule has 0 unspecified atom stereocenters. The van der Waals surface area contributed by atoms with Crippen molar-refractivity contribution in [2.45, 2.75) is 0 Å². The van der Waals surface area contributed by atoms with Gasteiger partial charge in [0.15, 0.2) is 11.6 Å². The Morgan fingerprint density at radius 2 is 1.76 bits per heavy atom. The third-order valence-electron chi connectivity index (χ3n) is 3.03. The van der Waals surface area contributed by atoms with Crippen molar-refractivity contribution < 1.29 is 8.91 Å². The summed E-state index contributed by atoms with van der Waals surface area (Å²) < 4.78 is 18.4. The fraction of sp³-hybridized carbons (Fsp3) is 0. The van der Waals surface area contributed by atoms with Crippen LogP contribution in [0.15, 0.2) is 47.0 Å².